The van der Waals surface area contributed by atoms with E-state index in [1.54, 1.807) is 0 Å². The number of fused-ring (bicyclic) bond motifs is 1. The van der Waals surface area contributed by atoms with Crippen molar-refractivity contribution < 1.29 is 14.3 Å². The fourth-order valence-corrected chi connectivity index (χ4v) is 4.94. The number of terminal acetylenes is 1. The zero-order chi connectivity index (χ0) is 25.9. The second-order valence-electron chi connectivity index (χ2n) is 10.1. The Morgan fingerprint density at radius 3 is 2.61 bits per heavy atom. The van der Waals surface area contributed by atoms with Gasteiger partial charge in [-0.25, -0.2) is 10.0 Å². The van der Waals surface area contributed by atoms with Crippen LogP contribution in [0.15, 0.2) is 30.3 Å². The van der Waals surface area contributed by atoms with E-state index in [0.717, 1.165) is 25.9 Å². The van der Waals surface area contributed by atoms with Gasteiger partial charge in [-0.2, -0.15) is 0 Å². The van der Waals surface area contributed by atoms with E-state index in [-0.39, 0.29) is 30.4 Å². The van der Waals surface area contributed by atoms with Gasteiger partial charge in [-0.15, -0.1) is 6.42 Å². The van der Waals surface area contributed by atoms with Gasteiger partial charge < -0.3 is 14.5 Å². The molecule has 2 amide bonds. The normalized spacial score (nSPS) is 21.2. The summed E-state index contributed by atoms with van der Waals surface area (Å²) >= 11 is 0. The highest BCUT2D eigenvalue weighted by molar-refractivity contribution is 5.90. The molecule has 1 N–H and O–H groups in total. The molecular weight excluding hydrogens is 454 g/mol. The van der Waals surface area contributed by atoms with E-state index in [0.29, 0.717) is 45.9 Å². The number of unbranched alkanes of at least 4 members (excludes halogenated alkanes) is 1. The Bertz CT molecular complexity index is 872. The number of rotatable bonds is 14. The lowest BCUT2D eigenvalue weighted by atomic mass is 9.97. The number of carbonyl (C=O) groups excluding carboxylic acids is 2. The van der Waals surface area contributed by atoms with Gasteiger partial charge in [0.1, 0.15) is 12.2 Å². The summed E-state index contributed by atoms with van der Waals surface area (Å²) in [6.45, 7) is 10.6. The van der Waals surface area contributed by atoms with Gasteiger partial charge in [0, 0.05) is 26.3 Å². The second-order valence-corrected chi connectivity index (χ2v) is 10.1. The zero-order valence-electron chi connectivity index (χ0n) is 22.2. The topological polar surface area (TPSA) is 68.4 Å². The van der Waals surface area contributed by atoms with Crippen LogP contribution in [0, 0.1) is 18.3 Å². The van der Waals surface area contributed by atoms with E-state index in [4.69, 9.17) is 11.2 Å². The third-order valence-electron chi connectivity index (χ3n) is 6.72. The summed E-state index contributed by atoms with van der Waals surface area (Å²) in [5.41, 5.74) is 1.19. The molecule has 0 saturated carbocycles. The lowest BCUT2D eigenvalue weighted by molar-refractivity contribution is -0.203. The van der Waals surface area contributed by atoms with E-state index in [9.17, 15) is 9.59 Å². The van der Waals surface area contributed by atoms with Gasteiger partial charge in [-0.1, -0.05) is 63.4 Å². The quantitative estimate of drug-likeness (QED) is 0.315. The SMILES string of the molecule is C#CCN1CC(=O)N2[C@@H](CC(C)C)C(=O)N(CCCOCCCC)C[C@@H]2N1CNCc1ccccc1. The molecule has 198 valence electrons. The fraction of sp³-hybridized carbons (Fsp3) is 0.643. The van der Waals surface area contributed by atoms with E-state index in [1.165, 1.54) is 5.56 Å². The first-order valence-corrected chi connectivity index (χ1v) is 13.3. The summed E-state index contributed by atoms with van der Waals surface area (Å²) in [6.07, 6.45) is 8.99. The number of benzene rings is 1. The highest BCUT2D eigenvalue weighted by Gasteiger charge is 2.49. The Morgan fingerprint density at radius 2 is 1.92 bits per heavy atom. The number of hydrogen-bond acceptors (Lipinski definition) is 6. The molecule has 1 aromatic carbocycles. The zero-order valence-corrected chi connectivity index (χ0v) is 22.2. The van der Waals surface area contributed by atoms with Gasteiger partial charge >= 0.3 is 0 Å². The van der Waals surface area contributed by atoms with Crippen LogP contribution in [0.4, 0.5) is 0 Å². The van der Waals surface area contributed by atoms with Crippen LogP contribution in [0.3, 0.4) is 0 Å². The van der Waals surface area contributed by atoms with Crippen LogP contribution < -0.4 is 5.32 Å². The number of hydrazine groups is 1. The molecule has 0 spiro atoms. The molecule has 3 rings (SSSR count). The Hall–Kier alpha value is -2.44. The molecule has 2 aliphatic heterocycles. The molecule has 2 heterocycles. The highest BCUT2D eigenvalue weighted by atomic mass is 16.5. The number of nitrogens with zero attached hydrogens (tertiary/aromatic N) is 4. The molecular formula is C28H43N5O3. The van der Waals surface area contributed by atoms with Gasteiger partial charge in [0.2, 0.25) is 11.8 Å². The lowest BCUT2D eigenvalue weighted by Gasteiger charge is -2.55. The molecule has 2 fully saturated rings. The first-order chi connectivity index (χ1) is 17.5. The number of piperazine rings is 1. The maximum atomic E-state index is 13.6. The molecule has 8 nitrogen and oxygen atoms in total. The molecule has 0 unspecified atom stereocenters. The summed E-state index contributed by atoms with van der Waals surface area (Å²) in [7, 11) is 0. The van der Waals surface area contributed by atoms with Crippen LogP contribution in [-0.2, 0) is 20.9 Å². The molecule has 0 aromatic heterocycles. The molecule has 36 heavy (non-hydrogen) atoms. The fourth-order valence-electron chi connectivity index (χ4n) is 4.94. The van der Waals surface area contributed by atoms with Crippen molar-refractivity contribution in [2.24, 2.45) is 5.92 Å². The second kappa shape index (κ2) is 14.3. The van der Waals surface area contributed by atoms with Crippen molar-refractivity contribution in [3.63, 3.8) is 0 Å². The minimum atomic E-state index is -0.457. The smallest absolute Gasteiger partial charge is 0.245 e. The maximum Gasteiger partial charge on any atom is 0.245 e. The number of hydrogen-bond donors (Lipinski definition) is 1. The van der Waals surface area contributed by atoms with E-state index in [2.05, 4.69) is 49.2 Å². The van der Waals surface area contributed by atoms with Gasteiger partial charge in [0.15, 0.2) is 0 Å². The van der Waals surface area contributed by atoms with Gasteiger partial charge in [-0.05, 0) is 30.7 Å². The Morgan fingerprint density at radius 1 is 1.17 bits per heavy atom. The van der Waals surface area contributed by atoms with Crippen LogP contribution in [0.1, 0.15) is 52.0 Å². The molecule has 2 atom stereocenters. The van der Waals surface area contributed by atoms with Crippen molar-refractivity contribution in [1.29, 1.82) is 0 Å². The van der Waals surface area contributed by atoms with E-state index in [1.807, 2.05) is 33.0 Å². The number of carbonyl (C=O) groups is 2. The van der Waals surface area contributed by atoms with Gasteiger partial charge in [0.05, 0.1) is 26.3 Å². The van der Waals surface area contributed by atoms with E-state index < -0.39 is 6.04 Å². The highest BCUT2D eigenvalue weighted by Crippen LogP contribution is 2.29. The summed E-state index contributed by atoms with van der Waals surface area (Å²) in [4.78, 5) is 30.6. The van der Waals surface area contributed by atoms with Crippen LogP contribution in [0.25, 0.3) is 0 Å². The summed E-state index contributed by atoms with van der Waals surface area (Å²) in [5.74, 6) is 3.01. The molecule has 0 radical (unpaired) electrons. The monoisotopic (exact) mass is 497 g/mol. The number of amides is 2. The van der Waals surface area contributed by atoms with E-state index >= 15 is 0 Å². The minimum Gasteiger partial charge on any atom is -0.381 e. The largest absolute Gasteiger partial charge is 0.381 e. The molecule has 0 aliphatic carbocycles. The maximum absolute atomic E-state index is 13.6. The summed E-state index contributed by atoms with van der Waals surface area (Å²) < 4.78 is 5.73. The number of nitrogens with one attached hydrogen (secondary N) is 1. The van der Waals surface area contributed by atoms with Crippen LogP contribution in [-0.4, -0.2) is 89.9 Å². The van der Waals surface area contributed by atoms with Crippen molar-refractivity contribution >= 4 is 11.8 Å². The van der Waals surface area contributed by atoms with Crippen molar-refractivity contribution in [3.8, 4) is 12.3 Å². The van der Waals surface area contributed by atoms with Gasteiger partial charge in [0.25, 0.3) is 0 Å². The van der Waals surface area contributed by atoms with Crippen molar-refractivity contribution in [3.05, 3.63) is 35.9 Å². The van der Waals surface area contributed by atoms with Gasteiger partial charge in [-0.3, -0.25) is 14.9 Å². The van der Waals surface area contributed by atoms with Crippen molar-refractivity contribution in [1.82, 2.24) is 25.1 Å². The molecule has 2 saturated heterocycles. The third-order valence-corrected chi connectivity index (χ3v) is 6.72. The molecule has 2 aliphatic rings. The predicted octanol–water partition coefficient (Wildman–Crippen LogP) is 2.52. The molecule has 1 aromatic rings. The first-order valence-electron chi connectivity index (χ1n) is 13.3. The Labute approximate surface area is 216 Å². The third kappa shape index (κ3) is 7.53. The standard InChI is InChI=1S/C28H43N5O3/c1-5-7-16-36-17-11-15-30-20-26-32(22-29-19-24-12-9-8-10-13-24)31(14-6-2)21-27(34)33(26)25(28(30)35)18-23(3)4/h2,8-10,12-13,23,25-26,29H,5,7,11,14-22H2,1,3-4H3/t25-,26+/m0/s1. The predicted molar refractivity (Wildman–Crippen MR) is 141 cm³/mol. The number of ether oxygens (including phenoxy) is 1. The Kier molecular flexibility index (Phi) is 11.2. The van der Waals surface area contributed by atoms with Crippen LogP contribution in [0.2, 0.25) is 0 Å². The molecule has 0 bridgehead atoms. The minimum absolute atomic E-state index is 0.0314. The summed E-state index contributed by atoms with van der Waals surface area (Å²) in [5, 5.41) is 7.60. The average molecular weight is 498 g/mol. The average Bonchev–Trinajstić information content (AvgIpc) is 2.85. The van der Waals surface area contributed by atoms with Crippen molar-refractivity contribution in [2.75, 3.05) is 46.1 Å². The van der Waals surface area contributed by atoms with Crippen LogP contribution >= 0.6 is 0 Å². The first kappa shape index (κ1) is 28.1. The Balaban J connectivity index is 1.76. The summed E-state index contributed by atoms with van der Waals surface area (Å²) in [6, 6.07) is 9.76. The lowest BCUT2D eigenvalue weighted by Crippen LogP contribution is -2.75. The van der Waals surface area contributed by atoms with Crippen LogP contribution in [0.5, 0.6) is 0 Å². The van der Waals surface area contributed by atoms with Crippen molar-refractivity contribution in [2.45, 2.75) is 65.2 Å². The molecule has 8 heteroatoms.